The monoisotopic (exact) mass is 240 g/mol. The Labute approximate surface area is 106 Å². The molecule has 0 aromatic heterocycles. The molecule has 0 amide bonds. The normalized spacial score (nSPS) is 30.0. The fraction of sp³-hybridized carbons (Fsp3) is 1.00. The van der Waals surface area contributed by atoms with Crippen LogP contribution in [-0.4, -0.2) is 49.3 Å². The Morgan fingerprint density at radius 1 is 1.35 bits per heavy atom. The Morgan fingerprint density at radius 2 is 2.06 bits per heavy atom. The van der Waals surface area contributed by atoms with Crippen LogP contribution in [0.3, 0.4) is 0 Å². The first-order valence-electron chi connectivity index (χ1n) is 7.26. The first-order chi connectivity index (χ1) is 8.16. The maximum absolute atomic E-state index is 6.17. The van der Waals surface area contributed by atoms with Gasteiger partial charge in [-0.05, 0) is 25.2 Å². The number of hydrogen-bond acceptors (Lipinski definition) is 3. The molecule has 0 aliphatic carbocycles. The minimum Gasteiger partial charge on any atom is -0.372 e. The van der Waals surface area contributed by atoms with Crippen molar-refractivity contribution in [2.24, 2.45) is 5.92 Å². The van der Waals surface area contributed by atoms with Crippen LogP contribution in [0.25, 0.3) is 0 Å². The Morgan fingerprint density at radius 3 is 2.65 bits per heavy atom. The molecule has 2 rings (SSSR count). The van der Waals surface area contributed by atoms with Crippen molar-refractivity contribution in [3.63, 3.8) is 0 Å². The fourth-order valence-corrected chi connectivity index (χ4v) is 3.41. The van der Waals surface area contributed by atoms with Crippen LogP contribution in [0.1, 0.15) is 40.0 Å². The number of likely N-dealkylation sites (tertiary alicyclic amines) is 1. The SMILES string of the molecule is CCC1NCCOC12CCN(CC(C)C)CC2. The van der Waals surface area contributed by atoms with E-state index in [0.717, 1.165) is 19.1 Å². The third-order valence-electron chi connectivity index (χ3n) is 4.25. The van der Waals surface area contributed by atoms with Crippen molar-refractivity contribution >= 4 is 0 Å². The van der Waals surface area contributed by atoms with Gasteiger partial charge in [0, 0.05) is 32.2 Å². The highest BCUT2D eigenvalue weighted by molar-refractivity contribution is 4.98. The largest absolute Gasteiger partial charge is 0.372 e. The van der Waals surface area contributed by atoms with Gasteiger partial charge in [-0.3, -0.25) is 0 Å². The summed E-state index contributed by atoms with van der Waals surface area (Å²) in [6, 6.07) is 0.567. The number of nitrogens with zero attached hydrogens (tertiary/aromatic N) is 1. The van der Waals surface area contributed by atoms with E-state index >= 15 is 0 Å². The summed E-state index contributed by atoms with van der Waals surface area (Å²) < 4.78 is 6.17. The number of nitrogens with one attached hydrogen (secondary N) is 1. The average molecular weight is 240 g/mol. The molecule has 1 atom stereocenters. The minimum absolute atomic E-state index is 0.139. The topological polar surface area (TPSA) is 24.5 Å². The van der Waals surface area contributed by atoms with Crippen LogP contribution in [0.15, 0.2) is 0 Å². The highest BCUT2D eigenvalue weighted by Gasteiger charge is 2.43. The maximum atomic E-state index is 6.17. The lowest BCUT2D eigenvalue weighted by Crippen LogP contribution is -2.61. The zero-order chi connectivity index (χ0) is 12.3. The zero-order valence-electron chi connectivity index (χ0n) is 11.7. The molecule has 100 valence electrons. The van der Waals surface area contributed by atoms with Gasteiger partial charge in [-0.15, -0.1) is 0 Å². The van der Waals surface area contributed by atoms with Gasteiger partial charge in [-0.1, -0.05) is 20.8 Å². The Hall–Kier alpha value is -0.120. The van der Waals surface area contributed by atoms with Crippen LogP contribution in [0.2, 0.25) is 0 Å². The first-order valence-corrected chi connectivity index (χ1v) is 7.26. The lowest BCUT2D eigenvalue weighted by atomic mass is 9.81. The van der Waals surface area contributed by atoms with Crippen molar-refractivity contribution in [2.45, 2.75) is 51.7 Å². The molecule has 2 heterocycles. The van der Waals surface area contributed by atoms with E-state index in [2.05, 4.69) is 31.0 Å². The van der Waals surface area contributed by atoms with Gasteiger partial charge >= 0.3 is 0 Å². The molecule has 0 bridgehead atoms. The molecule has 2 fully saturated rings. The van der Waals surface area contributed by atoms with Gasteiger partial charge in [0.1, 0.15) is 0 Å². The van der Waals surface area contributed by atoms with E-state index in [0.29, 0.717) is 6.04 Å². The van der Waals surface area contributed by atoms with Gasteiger partial charge in [0.15, 0.2) is 0 Å². The Kier molecular flexibility index (Phi) is 4.45. The van der Waals surface area contributed by atoms with Gasteiger partial charge in [-0.2, -0.15) is 0 Å². The third kappa shape index (κ3) is 3.01. The molecular formula is C14H28N2O. The molecule has 2 aliphatic rings. The molecular weight excluding hydrogens is 212 g/mol. The number of piperidine rings is 1. The van der Waals surface area contributed by atoms with E-state index in [1.54, 1.807) is 0 Å². The minimum atomic E-state index is 0.139. The predicted octanol–water partition coefficient (Wildman–Crippen LogP) is 1.88. The van der Waals surface area contributed by atoms with Gasteiger partial charge in [0.05, 0.1) is 12.2 Å². The summed E-state index contributed by atoms with van der Waals surface area (Å²) in [5, 5.41) is 3.64. The van der Waals surface area contributed by atoms with Gasteiger partial charge in [-0.25, -0.2) is 0 Å². The lowest BCUT2D eigenvalue weighted by Gasteiger charge is -2.49. The molecule has 0 saturated carbocycles. The Bertz CT molecular complexity index is 234. The first kappa shape index (κ1) is 13.3. The second-order valence-corrected chi connectivity index (χ2v) is 6.02. The number of rotatable bonds is 3. The molecule has 1 N–H and O–H groups in total. The van der Waals surface area contributed by atoms with E-state index in [4.69, 9.17) is 4.74 Å². The summed E-state index contributed by atoms with van der Waals surface area (Å²) in [6.07, 6.45) is 3.58. The van der Waals surface area contributed by atoms with Crippen LogP contribution < -0.4 is 5.32 Å². The van der Waals surface area contributed by atoms with E-state index in [-0.39, 0.29) is 5.60 Å². The lowest BCUT2D eigenvalue weighted by molar-refractivity contribution is -0.129. The van der Waals surface area contributed by atoms with Gasteiger partial charge in [0.2, 0.25) is 0 Å². The second-order valence-electron chi connectivity index (χ2n) is 6.02. The average Bonchev–Trinajstić information content (AvgIpc) is 2.32. The second kappa shape index (κ2) is 5.68. The molecule has 0 aromatic carbocycles. The molecule has 3 nitrogen and oxygen atoms in total. The van der Waals surface area contributed by atoms with Gasteiger partial charge < -0.3 is 15.0 Å². The number of hydrogen-bond donors (Lipinski definition) is 1. The summed E-state index contributed by atoms with van der Waals surface area (Å²) in [4.78, 5) is 2.60. The number of ether oxygens (including phenoxy) is 1. The van der Waals surface area contributed by atoms with Crippen molar-refractivity contribution < 1.29 is 4.74 Å². The van der Waals surface area contributed by atoms with Crippen molar-refractivity contribution in [1.82, 2.24) is 10.2 Å². The molecule has 1 unspecified atom stereocenters. The summed E-state index contributed by atoms with van der Waals surface area (Å²) >= 11 is 0. The molecule has 0 aromatic rings. The van der Waals surface area contributed by atoms with Crippen LogP contribution >= 0.6 is 0 Å². The highest BCUT2D eigenvalue weighted by Crippen LogP contribution is 2.33. The van der Waals surface area contributed by atoms with E-state index < -0.39 is 0 Å². The number of morpholine rings is 1. The van der Waals surface area contributed by atoms with Gasteiger partial charge in [0.25, 0.3) is 0 Å². The van der Waals surface area contributed by atoms with Crippen LogP contribution in [-0.2, 0) is 4.74 Å². The third-order valence-corrected chi connectivity index (χ3v) is 4.25. The van der Waals surface area contributed by atoms with Crippen LogP contribution in [0.5, 0.6) is 0 Å². The van der Waals surface area contributed by atoms with Crippen molar-refractivity contribution in [2.75, 3.05) is 32.8 Å². The summed E-state index contributed by atoms with van der Waals surface area (Å²) in [6.45, 7) is 12.4. The van der Waals surface area contributed by atoms with Crippen molar-refractivity contribution in [1.29, 1.82) is 0 Å². The molecule has 1 spiro atoms. The molecule has 2 aliphatic heterocycles. The van der Waals surface area contributed by atoms with E-state index in [9.17, 15) is 0 Å². The van der Waals surface area contributed by atoms with Crippen molar-refractivity contribution in [3.8, 4) is 0 Å². The van der Waals surface area contributed by atoms with E-state index in [1.165, 1.54) is 38.9 Å². The predicted molar refractivity (Wildman–Crippen MR) is 71.3 cm³/mol. The zero-order valence-corrected chi connectivity index (χ0v) is 11.7. The summed E-state index contributed by atoms with van der Waals surface area (Å²) in [7, 11) is 0. The smallest absolute Gasteiger partial charge is 0.0859 e. The van der Waals surface area contributed by atoms with Crippen molar-refractivity contribution in [3.05, 3.63) is 0 Å². The quantitative estimate of drug-likeness (QED) is 0.815. The highest BCUT2D eigenvalue weighted by atomic mass is 16.5. The standard InChI is InChI=1S/C14H28N2O/c1-4-13-14(17-10-7-15-13)5-8-16(9-6-14)11-12(2)3/h12-13,15H,4-11H2,1-3H3. The summed E-state index contributed by atoms with van der Waals surface area (Å²) in [5.41, 5.74) is 0.139. The maximum Gasteiger partial charge on any atom is 0.0859 e. The molecule has 2 saturated heterocycles. The van der Waals surface area contributed by atoms with E-state index in [1.807, 2.05) is 0 Å². The molecule has 0 radical (unpaired) electrons. The summed E-state index contributed by atoms with van der Waals surface area (Å²) in [5.74, 6) is 0.774. The molecule has 17 heavy (non-hydrogen) atoms. The van der Waals surface area contributed by atoms with Crippen LogP contribution in [0.4, 0.5) is 0 Å². The van der Waals surface area contributed by atoms with Crippen LogP contribution in [0, 0.1) is 5.92 Å². The molecule has 3 heteroatoms. The Balaban J connectivity index is 1.91. The fourth-order valence-electron chi connectivity index (χ4n) is 3.41.